The van der Waals surface area contributed by atoms with Crippen LogP contribution in [-0.2, 0) is 14.3 Å². The molecule has 1 aromatic carbocycles. The van der Waals surface area contributed by atoms with Gasteiger partial charge in [0.25, 0.3) is 5.91 Å². The summed E-state index contributed by atoms with van der Waals surface area (Å²) in [6.07, 6.45) is 0.530. The van der Waals surface area contributed by atoms with Gasteiger partial charge in [0.05, 0.1) is 18.6 Å². The Morgan fingerprint density at radius 3 is 2.89 bits per heavy atom. The summed E-state index contributed by atoms with van der Waals surface area (Å²) in [5.41, 5.74) is 1.51. The first-order valence-electron chi connectivity index (χ1n) is 8.44. The largest absolute Gasteiger partial charge is 0.495 e. The number of benzene rings is 1. The maximum absolute atomic E-state index is 12.4. The van der Waals surface area contributed by atoms with E-state index in [1.807, 2.05) is 24.4 Å². The number of hydrogen-bond acceptors (Lipinski definition) is 8. The number of fused-ring (bicyclic) bond motifs is 1. The third-order valence-electron chi connectivity index (χ3n) is 3.84. The Morgan fingerprint density at radius 2 is 2.11 bits per heavy atom. The Kier molecular flexibility index (Phi) is 6.48. The molecule has 3 rings (SSSR count). The molecule has 0 spiro atoms. The summed E-state index contributed by atoms with van der Waals surface area (Å²) in [4.78, 5) is 33.8. The molecule has 0 radical (unpaired) electrons. The van der Waals surface area contributed by atoms with E-state index >= 15 is 0 Å². The van der Waals surface area contributed by atoms with Crippen molar-refractivity contribution in [3.05, 3.63) is 41.5 Å². The topological polar surface area (TPSA) is 90.4 Å². The van der Waals surface area contributed by atoms with Crippen LogP contribution in [0.3, 0.4) is 0 Å². The molecule has 1 atom stereocenters. The van der Waals surface area contributed by atoms with Crippen LogP contribution in [-0.4, -0.2) is 40.8 Å². The molecule has 1 N–H and O–H groups in total. The molecule has 2 aromatic heterocycles. The van der Waals surface area contributed by atoms with Gasteiger partial charge in [-0.1, -0.05) is 17.8 Å². The van der Waals surface area contributed by atoms with E-state index in [2.05, 4.69) is 15.3 Å². The molecule has 0 unspecified atom stereocenters. The van der Waals surface area contributed by atoms with Crippen LogP contribution in [0.2, 0.25) is 0 Å². The SMILES string of the molecule is COc1ccc(C)cc1NC(=O)[C@@H](C)OC(=O)CSc1ncnc2sccc12. The molecule has 0 aliphatic rings. The maximum Gasteiger partial charge on any atom is 0.317 e. The van der Waals surface area contributed by atoms with Gasteiger partial charge in [0.1, 0.15) is 21.9 Å². The van der Waals surface area contributed by atoms with Crippen LogP contribution in [0.4, 0.5) is 5.69 Å². The van der Waals surface area contributed by atoms with Gasteiger partial charge in [0, 0.05) is 5.39 Å². The van der Waals surface area contributed by atoms with Crippen molar-refractivity contribution >= 4 is 50.9 Å². The normalized spacial score (nSPS) is 11.8. The van der Waals surface area contributed by atoms with Crippen molar-refractivity contribution in [1.29, 1.82) is 0 Å². The van der Waals surface area contributed by atoms with Crippen molar-refractivity contribution in [3.8, 4) is 5.75 Å². The van der Waals surface area contributed by atoms with Crippen LogP contribution >= 0.6 is 23.1 Å². The van der Waals surface area contributed by atoms with Crippen molar-refractivity contribution in [2.24, 2.45) is 0 Å². The molecule has 146 valence electrons. The molecule has 2 heterocycles. The second-order valence-corrected chi connectivity index (χ2v) is 7.79. The van der Waals surface area contributed by atoms with Crippen LogP contribution in [0, 0.1) is 6.92 Å². The molecule has 9 heteroatoms. The molecule has 0 saturated heterocycles. The van der Waals surface area contributed by atoms with Gasteiger partial charge in [-0.3, -0.25) is 9.59 Å². The fourth-order valence-electron chi connectivity index (χ4n) is 2.45. The number of aromatic nitrogens is 2. The predicted molar refractivity (Wildman–Crippen MR) is 110 cm³/mol. The van der Waals surface area contributed by atoms with Gasteiger partial charge in [-0.15, -0.1) is 11.3 Å². The number of esters is 1. The van der Waals surface area contributed by atoms with Crippen LogP contribution in [0.15, 0.2) is 41.0 Å². The number of amides is 1. The first-order valence-corrected chi connectivity index (χ1v) is 10.3. The molecule has 0 saturated carbocycles. The molecule has 0 aliphatic carbocycles. The summed E-state index contributed by atoms with van der Waals surface area (Å²) in [6, 6.07) is 7.36. The summed E-state index contributed by atoms with van der Waals surface area (Å²) in [7, 11) is 1.53. The molecule has 7 nitrogen and oxygen atoms in total. The Bertz CT molecular complexity index is 1010. The molecule has 1 amide bonds. The third kappa shape index (κ3) is 4.79. The zero-order valence-electron chi connectivity index (χ0n) is 15.6. The van der Waals surface area contributed by atoms with Crippen LogP contribution in [0.1, 0.15) is 12.5 Å². The number of aryl methyl sites for hydroxylation is 1. The summed E-state index contributed by atoms with van der Waals surface area (Å²) >= 11 is 2.77. The Balaban J connectivity index is 1.56. The summed E-state index contributed by atoms with van der Waals surface area (Å²) in [5, 5.41) is 6.28. The molecule has 3 aromatic rings. The number of hydrogen-bond donors (Lipinski definition) is 1. The van der Waals surface area contributed by atoms with Crippen LogP contribution in [0.25, 0.3) is 10.2 Å². The van der Waals surface area contributed by atoms with Crippen molar-refractivity contribution in [1.82, 2.24) is 9.97 Å². The number of nitrogens with one attached hydrogen (secondary N) is 1. The standard InChI is InChI=1S/C19H19N3O4S2/c1-11-4-5-15(25-3)14(8-11)22-17(24)12(2)26-16(23)9-28-19-13-6-7-27-18(13)20-10-21-19/h4-8,10,12H,9H2,1-3H3,(H,22,24)/t12-/m1/s1. The number of anilines is 1. The third-order valence-corrected chi connectivity index (χ3v) is 5.64. The molecule has 0 fully saturated rings. The van der Waals surface area contributed by atoms with Crippen molar-refractivity contribution in [2.45, 2.75) is 25.0 Å². The molecule has 28 heavy (non-hydrogen) atoms. The van der Waals surface area contributed by atoms with Crippen molar-refractivity contribution in [3.63, 3.8) is 0 Å². The Morgan fingerprint density at radius 1 is 1.29 bits per heavy atom. The van der Waals surface area contributed by atoms with Gasteiger partial charge in [-0.2, -0.15) is 0 Å². The van der Waals surface area contributed by atoms with Crippen LogP contribution in [0.5, 0.6) is 5.75 Å². The number of methoxy groups -OCH3 is 1. The molecule has 0 aliphatic heterocycles. The van der Waals surface area contributed by atoms with Crippen molar-refractivity contribution < 1.29 is 19.1 Å². The lowest BCUT2D eigenvalue weighted by molar-refractivity contribution is -0.150. The van der Waals surface area contributed by atoms with E-state index in [9.17, 15) is 9.59 Å². The lowest BCUT2D eigenvalue weighted by atomic mass is 10.2. The van der Waals surface area contributed by atoms with Gasteiger partial charge in [-0.05, 0) is 43.0 Å². The fourth-order valence-corrected chi connectivity index (χ4v) is 4.01. The zero-order valence-corrected chi connectivity index (χ0v) is 17.2. The molecular weight excluding hydrogens is 398 g/mol. The number of thiophene rings is 1. The number of nitrogens with zero attached hydrogens (tertiary/aromatic N) is 2. The lowest BCUT2D eigenvalue weighted by Gasteiger charge is -2.15. The molecular formula is C19H19N3O4S2. The summed E-state index contributed by atoms with van der Waals surface area (Å²) in [5.74, 6) is -0.334. The minimum atomic E-state index is -0.940. The average Bonchev–Trinajstić information content (AvgIpc) is 3.16. The Hall–Kier alpha value is -2.65. The first-order chi connectivity index (χ1) is 13.5. The number of thioether (sulfide) groups is 1. The predicted octanol–water partition coefficient (Wildman–Crippen LogP) is 3.67. The summed E-state index contributed by atoms with van der Waals surface area (Å²) in [6.45, 7) is 3.44. The van der Waals surface area contributed by atoms with Crippen LogP contribution < -0.4 is 10.1 Å². The second-order valence-electron chi connectivity index (χ2n) is 5.93. The highest BCUT2D eigenvalue weighted by molar-refractivity contribution is 8.00. The first kappa shape index (κ1) is 20.1. The zero-order chi connectivity index (χ0) is 20.1. The lowest BCUT2D eigenvalue weighted by Crippen LogP contribution is -2.30. The highest BCUT2D eigenvalue weighted by atomic mass is 32.2. The van der Waals surface area contributed by atoms with Gasteiger partial charge in [-0.25, -0.2) is 9.97 Å². The van der Waals surface area contributed by atoms with E-state index in [0.717, 1.165) is 15.8 Å². The van der Waals surface area contributed by atoms with E-state index < -0.39 is 18.0 Å². The number of carbonyl (C=O) groups is 2. The number of ether oxygens (including phenoxy) is 2. The van der Waals surface area contributed by atoms with E-state index in [1.54, 1.807) is 12.1 Å². The van der Waals surface area contributed by atoms with E-state index in [1.165, 1.54) is 43.5 Å². The second kappa shape index (κ2) is 9.03. The van der Waals surface area contributed by atoms with E-state index in [-0.39, 0.29) is 5.75 Å². The van der Waals surface area contributed by atoms with Crippen molar-refractivity contribution in [2.75, 3.05) is 18.2 Å². The monoisotopic (exact) mass is 417 g/mol. The highest BCUT2D eigenvalue weighted by Gasteiger charge is 2.20. The number of carbonyl (C=O) groups excluding carboxylic acids is 2. The fraction of sp³-hybridized carbons (Fsp3) is 0.263. The number of rotatable bonds is 7. The van der Waals surface area contributed by atoms with Gasteiger partial charge in [0.15, 0.2) is 6.10 Å². The smallest absolute Gasteiger partial charge is 0.317 e. The van der Waals surface area contributed by atoms with E-state index in [4.69, 9.17) is 9.47 Å². The molecule has 0 bridgehead atoms. The average molecular weight is 418 g/mol. The minimum Gasteiger partial charge on any atom is -0.495 e. The summed E-state index contributed by atoms with van der Waals surface area (Å²) < 4.78 is 10.5. The highest BCUT2D eigenvalue weighted by Crippen LogP contribution is 2.28. The Labute approximate surface area is 170 Å². The maximum atomic E-state index is 12.4. The quantitative estimate of drug-likeness (QED) is 0.356. The van der Waals surface area contributed by atoms with Gasteiger partial charge in [0.2, 0.25) is 0 Å². The minimum absolute atomic E-state index is 0.0490. The van der Waals surface area contributed by atoms with Gasteiger partial charge < -0.3 is 14.8 Å². The van der Waals surface area contributed by atoms with Gasteiger partial charge >= 0.3 is 5.97 Å². The van der Waals surface area contributed by atoms with E-state index in [0.29, 0.717) is 16.5 Å².